The van der Waals surface area contributed by atoms with E-state index in [0.29, 0.717) is 0 Å². The molecule has 1 saturated heterocycles. The number of hydrogen-bond acceptors (Lipinski definition) is 3. The first-order valence-electron chi connectivity index (χ1n) is 8.46. The number of carbonyl (C=O) groups excluding carboxylic acids is 1. The summed E-state index contributed by atoms with van der Waals surface area (Å²) in [6.45, 7) is 2.34. The van der Waals surface area contributed by atoms with Crippen LogP contribution >= 0.6 is 0 Å². The topological polar surface area (TPSA) is 55.6 Å². The van der Waals surface area contributed by atoms with Gasteiger partial charge in [-0.15, -0.1) is 0 Å². The third kappa shape index (κ3) is 3.60. The van der Waals surface area contributed by atoms with Gasteiger partial charge >= 0.3 is 6.09 Å². The molecule has 3 unspecified atom stereocenters. The summed E-state index contributed by atoms with van der Waals surface area (Å²) in [4.78, 5) is 14.6. The molecule has 3 rings (SSSR count). The van der Waals surface area contributed by atoms with Gasteiger partial charge < -0.3 is 10.5 Å². The second-order valence-electron chi connectivity index (χ2n) is 6.39. The number of amides is 1. The fourth-order valence-corrected chi connectivity index (χ4v) is 3.36. The zero-order valence-corrected chi connectivity index (χ0v) is 14.0. The third-order valence-electron chi connectivity index (χ3n) is 4.65. The Morgan fingerprint density at radius 2 is 1.71 bits per heavy atom. The molecule has 4 nitrogen and oxygen atoms in total. The fraction of sp³-hybridized carbons (Fsp3) is 0.350. The summed E-state index contributed by atoms with van der Waals surface area (Å²) in [5.74, 6) is 0. The van der Waals surface area contributed by atoms with E-state index < -0.39 is 0 Å². The van der Waals surface area contributed by atoms with E-state index in [0.717, 1.165) is 24.0 Å². The normalized spacial score (nSPS) is 23.8. The highest BCUT2D eigenvalue weighted by atomic mass is 16.6. The van der Waals surface area contributed by atoms with E-state index in [-0.39, 0.29) is 30.8 Å². The second kappa shape index (κ2) is 7.49. The maximum atomic E-state index is 12.8. The summed E-state index contributed by atoms with van der Waals surface area (Å²) in [6, 6.07) is 19.6. The quantitative estimate of drug-likeness (QED) is 0.932. The average molecular weight is 324 g/mol. The number of hydrogen-bond donors (Lipinski definition) is 1. The highest BCUT2D eigenvalue weighted by Gasteiger charge is 2.38. The van der Waals surface area contributed by atoms with Gasteiger partial charge in [-0.1, -0.05) is 60.7 Å². The Morgan fingerprint density at radius 3 is 2.38 bits per heavy atom. The molecule has 1 aliphatic rings. The lowest BCUT2D eigenvalue weighted by atomic mass is 9.88. The molecule has 1 aliphatic heterocycles. The molecule has 2 N–H and O–H groups in total. The Hall–Kier alpha value is -2.33. The molecule has 1 heterocycles. The Labute approximate surface area is 143 Å². The summed E-state index contributed by atoms with van der Waals surface area (Å²) in [7, 11) is 0. The van der Waals surface area contributed by atoms with E-state index in [1.807, 2.05) is 65.6 Å². The van der Waals surface area contributed by atoms with Crippen LogP contribution in [-0.4, -0.2) is 23.1 Å². The molecule has 0 saturated carbocycles. The number of nitrogens with two attached hydrogens (primary N) is 1. The lowest BCUT2D eigenvalue weighted by Gasteiger charge is -2.43. The number of nitrogens with zero attached hydrogens (tertiary/aromatic N) is 1. The van der Waals surface area contributed by atoms with Crippen molar-refractivity contribution in [3.63, 3.8) is 0 Å². The predicted octanol–water partition coefficient (Wildman–Crippen LogP) is 3.88. The number of carbonyl (C=O) groups is 1. The molecule has 0 radical (unpaired) electrons. The molecule has 0 aromatic heterocycles. The van der Waals surface area contributed by atoms with Gasteiger partial charge in [0.1, 0.15) is 6.61 Å². The van der Waals surface area contributed by atoms with Crippen molar-refractivity contribution in [1.82, 2.24) is 4.90 Å². The van der Waals surface area contributed by atoms with Crippen molar-refractivity contribution in [1.29, 1.82) is 0 Å². The van der Waals surface area contributed by atoms with Gasteiger partial charge in [0.2, 0.25) is 0 Å². The standard InChI is InChI=1S/C20H24N2O2/c1-15-12-13-18(21)19(17-10-6-3-7-11-17)22(15)20(23)24-14-16-8-4-2-5-9-16/h2-11,15,18-19H,12-14,21H2,1H3. The van der Waals surface area contributed by atoms with Crippen molar-refractivity contribution in [2.24, 2.45) is 5.73 Å². The average Bonchev–Trinajstić information content (AvgIpc) is 2.63. The highest BCUT2D eigenvalue weighted by molar-refractivity contribution is 5.69. The van der Waals surface area contributed by atoms with Crippen LogP contribution in [0, 0.1) is 0 Å². The van der Waals surface area contributed by atoms with E-state index in [4.69, 9.17) is 10.5 Å². The summed E-state index contributed by atoms with van der Waals surface area (Å²) in [6.07, 6.45) is 1.50. The van der Waals surface area contributed by atoms with E-state index in [9.17, 15) is 4.79 Å². The Morgan fingerprint density at radius 1 is 1.08 bits per heavy atom. The summed E-state index contributed by atoms with van der Waals surface area (Å²) in [5.41, 5.74) is 8.40. The molecule has 2 aromatic rings. The minimum Gasteiger partial charge on any atom is -0.445 e. The number of benzene rings is 2. The maximum absolute atomic E-state index is 12.8. The van der Waals surface area contributed by atoms with Gasteiger partial charge in [-0.3, -0.25) is 4.90 Å². The van der Waals surface area contributed by atoms with Gasteiger partial charge in [-0.05, 0) is 30.9 Å². The van der Waals surface area contributed by atoms with Crippen LogP contribution in [0.5, 0.6) is 0 Å². The molecule has 0 aliphatic carbocycles. The van der Waals surface area contributed by atoms with Gasteiger partial charge in [0.25, 0.3) is 0 Å². The minimum absolute atomic E-state index is 0.0760. The zero-order valence-electron chi connectivity index (χ0n) is 14.0. The molecular weight excluding hydrogens is 300 g/mol. The van der Waals surface area contributed by atoms with Crippen LogP contribution in [0.4, 0.5) is 4.79 Å². The van der Waals surface area contributed by atoms with Crippen LogP contribution in [0.15, 0.2) is 60.7 Å². The number of likely N-dealkylation sites (tertiary alicyclic amines) is 1. The Balaban J connectivity index is 1.77. The van der Waals surface area contributed by atoms with Crippen molar-refractivity contribution in [3.05, 3.63) is 71.8 Å². The molecule has 0 spiro atoms. The predicted molar refractivity (Wildman–Crippen MR) is 94.3 cm³/mol. The van der Waals surface area contributed by atoms with Gasteiger partial charge in [0, 0.05) is 12.1 Å². The molecule has 1 amide bonds. The van der Waals surface area contributed by atoms with E-state index in [1.165, 1.54) is 0 Å². The van der Waals surface area contributed by atoms with Gasteiger partial charge in [-0.2, -0.15) is 0 Å². The van der Waals surface area contributed by atoms with Crippen molar-refractivity contribution in [2.45, 2.75) is 44.5 Å². The van der Waals surface area contributed by atoms with Crippen LogP contribution in [-0.2, 0) is 11.3 Å². The molecule has 24 heavy (non-hydrogen) atoms. The van der Waals surface area contributed by atoms with Crippen molar-refractivity contribution >= 4 is 6.09 Å². The third-order valence-corrected chi connectivity index (χ3v) is 4.65. The largest absolute Gasteiger partial charge is 0.445 e. The molecular formula is C20H24N2O2. The Bertz CT molecular complexity index is 660. The summed E-state index contributed by atoms with van der Waals surface area (Å²) in [5, 5.41) is 0. The molecule has 4 heteroatoms. The van der Waals surface area contributed by atoms with Crippen LogP contribution in [0.25, 0.3) is 0 Å². The highest BCUT2D eigenvalue weighted by Crippen LogP contribution is 2.34. The first-order valence-corrected chi connectivity index (χ1v) is 8.46. The van der Waals surface area contributed by atoms with E-state index >= 15 is 0 Å². The van der Waals surface area contributed by atoms with Crippen LogP contribution in [0.3, 0.4) is 0 Å². The molecule has 126 valence electrons. The second-order valence-corrected chi connectivity index (χ2v) is 6.39. The smallest absolute Gasteiger partial charge is 0.410 e. The number of ether oxygens (including phenoxy) is 1. The van der Waals surface area contributed by atoms with E-state index in [1.54, 1.807) is 0 Å². The van der Waals surface area contributed by atoms with Crippen molar-refractivity contribution < 1.29 is 9.53 Å². The van der Waals surface area contributed by atoms with Crippen LogP contribution in [0.2, 0.25) is 0 Å². The Kier molecular flexibility index (Phi) is 5.16. The van der Waals surface area contributed by atoms with Crippen molar-refractivity contribution in [3.8, 4) is 0 Å². The lowest BCUT2D eigenvalue weighted by molar-refractivity contribution is 0.0386. The van der Waals surface area contributed by atoms with E-state index in [2.05, 4.69) is 6.92 Å². The minimum atomic E-state index is -0.296. The summed E-state index contributed by atoms with van der Waals surface area (Å²) >= 11 is 0. The number of rotatable bonds is 3. The zero-order chi connectivity index (χ0) is 16.9. The monoisotopic (exact) mass is 324 g/mol. The van der Waals surface area contributed by atoms with Crippen LogP contribution < -0.4 is 5.73 Å². The molecule has 2 aromatic carbocycles. The van der Waals surface area contributed by atoms with Crippen LogP contribution in [0.1, 0.15) is 36.9 Å². The number of piperidine rings is 1. The molecule has 3 atom stereocenters. The van der Waals surface area contributed by atoms with Gasteiger partial charge in [0.05, 0.1) is 6.04 Å². The summed E-state index contributed by atoms with van der Waals surface area (Å²) < 4.78 is 5.57. The molecule has 1 fully saturated rings. The lowest BCUT2D eigenvalue weighted by Crippen LogP contribution is -2.52. The fourth-order valence-electron chi connectivity index (χ4n) is 3.36. The SMILES string of the molecule is CC1CCC(N)C(c2ccccc2)N1C(=O)OCc1ccccc1. The first kappa shape index (κ1) is 16.5. The molecule has 0 bridgehead atoms. The van der Waals surface area contributed by atoms with Crippen molar-refractivity contribution in [2.75, 3.05) is 0 Å². The maximum Gasteiger partial charge on any atom is 0.410 e. The van der Waals surface area contributed by atoms with Gasteiger partial charge in [-0.25, -0.2) is 4.79 Å². The first-order chi connectivity index (χ1) is 11.7. The van der Waals surface area contributed by atoms with Gasteiger partial charge in [0.15, 0.2) is 0 Å².